The van der Waals surface area contributed by atoms with Crippen LogP contribution < -0.4 is 11.1 Å². The predicted molar refractivity (Wildman–Crippen MR) is 95.2 cm³/mol. The topological polar surface area (TPSA) is 55.1 Å². The summed E-state index contributed by atoms with van der Waals surface area (Å²) >= 11 is 0. The van der Waals surface area contributed by atoms with Crippen LogP contribution in [0.5, 0.6) is 0 Å². The molecular formula is C20H26N2O. The van der Waals surface area contributed by atoms with Crippen molar-refractivity contribution < 1.29 is 4.79 Å². The molecule has 2 aromatic rings. The molecule has 0 aliphatic heterocycles. The molecule has 0 bridgehead atoms. The Labute approximate surface area is 138 Å². The number of unbranched alkanes of at least 4 members (excludes halogenated alkanes) is 1. The molecule has 0 fully saturated rings. The standard InChI is InChI=1S/C20H26N2O/c1-2-3-14-18(15-21)22-20(23)19(16-10-6-4-7-11-16)17-12-8-5-9-13-17/h4-13,18-19H,2-3,14-15,21H2,1H3,(H,22,23). The highest BCUT2D eigenvalue weighted by atomic mass is 16.1. The highest BCUT2D eigenvalue weighted by molar-refractivity contribution is 5.87. The van der Waals surface area contributed by atoms with Crippen LogP contribution in [0.4, 0.5) is 0 Å². The summed E-state index contributed by atoms with van der Waals surface area (Å²) in [7, 11) is 0. The number of amides is 1. The Morgan fingerprint density at radius 1 is 1.00 bits per heavy atom. The molecule has 1 atom stereocenters. The molecule has 122 valence electrons. The summed E-state index contributed by atoms with van der Waals surface area (Å²) in [6, 6.07) is 19.8. The monoisotopic (exact) mass is 310 g/mol. The van der Waals surface area contributed by atoms with E-state index in [9.17, 15) is 4.79 Å². The van der Waals surface area contributed by atoms with Crippen LogP contribution >= 0.6 is 0 Å². The third kappa shape index (κ3) is 4.93. The van der Waals surface area contributed by atoms with Gasteiger partial charge in [0.1, 0.15) is 0 Å². The Kier molecular flexibility index (Phi) is 6.82. The molecule has 0 aliphatic carbocycles. The minimum Gasteiger partial charge on any atom is -0.351 e. The van der Waals surface area contributed by atoms with Crippen molar-refractivity contribution in [3.63, 3.8) is 0 Å². The molecule has 0 spiro atoms. The van der Waals surface area contributed by atoms with Crippen LogP contribution in [0.15, 0.2) is 60.7 Å². The summed E-state index contributed by atoms with van der Waals surface area (Å²) in [5, 5.41) is 3.13. The zero-order valence-corrected chi connectivity index (χ0v) is 13.7. The Morgan fingerprint density at radius 2 is 1.52 bits per heavy atom. The van der Waals surface area contributed by atoms with Crippen molar-refractivity contribution in [1.29, 1.82) is 0 Å². The van der Waals surface area contributed by atoms with E-state index in [0.29, 0.717) is 6.54 Å². The highest BCUT2D eigenvalue weighted by Crippen LogP contribution is 2.25. The van der Waals surface area contributed by atoms with Crippen LogP contribution in [0.3, 0.4) is 0 Å². The zero-order valence-electron chi connectivity index (χ0n) is 13.7. The van der Waals surface area contributed by atoms with Crippen LogP contribution in [0.1, 0.15) is 43.2 Å². The number of nitrogens with two attached hydrogens (primary N) is 1. The molecule has 2 aromatic carbocycles. The van der Waals surface area contributed by atoms with E-state index in [4.69, 9.17) is 5.73 Å². The van der Waals surface area contributed by atoms with E-state index in [-0.39, 0.29) is 17.9 Å². The molecule has 0 radical (unpaired) electrons. The molecule has 0 saturated heterocycles. The Bertz CT molecular complexity index is 544. The number of hydrogen-bond donors (Lipinski definition) is 2. The van der Waals surface area contributed by atoms with E-state index in [1.54, 1.807) is 0 Å². The molecule has 1 unspecified atom stereocenters. The van der Waals surface area contributed by atoms with Gasteiger partial charge in [-0.15, -0.1) is 0 Å². The summed E-state index contributed by atoms with van der Waals surface area (Å²) in [4.78, 5) is 12.9. The summed E-state index contributed by atoms with van der Waals surface area (Å²) in [5.41, 5.74) is 7.83. The minimum absolute atomic E-state index is 0.0222. The number of benzene rings is 2. The second kappa shape index (κ2) is 9.11. The smallest absolute Gasteiger partial charge is 0.232 e. The van der Waals surface area contributed by atoms with Crippen LogP contribution in [0, 0.1) is 0 Å². The van der Waals surface area contributed by atoms with Gasteiger partial charge < -0.3 is 11.1 Å². The Morgan fingerprint density at radius 3 is 1.96 bits per heavy atom. The van der Waals surface area contributed by atoms with Gasteiger partial charge in [-0.3, -0.25) is 4.79 Å². The zero-order chi connectivity index (χ0) is 16.5. The first-order chi connectivity index (χ1) is 11.3. The minimum atomic E-state index is -0.298. The Balaban J connectivity index is 2.22. The molecule has 1 amide bonds. The van der Waals surface area contributed by atoms with Crippen LogP contribution in [0.25, 0.3) is 0 Å². The van der Waals surface area contributed by atoms with E-state index >= 15 is 0 Å². The van der Waals surface area contributed by atoms with Gasteiger partial charge in [0.05, 0.1) is 5.92 Å². The van der Waals surface area contributed by atoms with Crippen molar-refractivity contribution in [2.45, 2.75) is 38.1 Å². The molecule has 0 saturated carbocycles. The lowest BCUT2D eigenvalue weighted by atomic mass is 9.90. The van der Waals surface area contributed by atoms with Crippen molar-refractivity contribution in [1.82, 2.24) is 5.32 Å². The van der Waals surface area contributed by atoms with Crippen molar-refractivity contribution in [2.24, 2.45) is 5.73 Å². The Hall–Kier alpha value is -2.13. The van der Waals surface area contributed by atoms with Gasteiger partial charge in [-0.25, -0.2) is 0 Å². The molecule has 0 aromatic heterocycles. The first-order valence-electron chi connectivity index (χ1n) is 8.36. The SMILES string of the molecule is CCCCC(CN)NC(=O)C(c1ccccc1)c1ccccc1. The lowest BCUT2D eigenvalue weighted by molar-refractivity contribution is -0.122. The van der Waals surface area contributed by atoms with Crippen LogP contribution in [-0.2, 0) is 4.79 Å². The largest absolute Gasteiger partial charge is 0.351 e. The lowest BCUT2D eigenvalue weighted by Gasteiger charge is -2.22. The second-order valence-corrected chi connectivity index (χ2v) is 5.84. The van der Waals surface area contributed by atoms with Gasteiger partial charge in [-0.2, -0.15) is 0 Å². The van der Waals surface area contributed by atoms with Crippen molar-refractivity contribution >= 4 is 5.91 Å². The predicted octanol–water partition coefficient (Wildman–Crippen LogP) is 3.45. The highest BCUT2D eigenvalue weighted by Gasteiger charge is 2.24. The van der Waals surface area contributed by atoms with E-state index in [1.165, 1.54) is 0 Å². The average molecular weight is 310 g/mol. The molecular weight excluding hydrogens is 284 g/mol. The lowest BCUT2D eigenvalue weighted by Crippen LogP contribution is -2.42. The molecule has 0 aliphatic rings. The maximum Gasteiger partial charge on any atom is 0.232 e. The second-order valence-electron chi connectivity index (χ2n) is 5.84. The third-order valence-electron chi connectivity index (χ3n) is 4.07. The summed E-state index contributed by atoms with van der Waals surface area (Å²) in [6.45, 7) is 2.62. The molecule has 0 heterocycles. The van der Waals surface area contributed by atoms with E-state index in [2.05, 4.69) is 12.2 Å². The first-order valence-corrected chi connectivity index (χ1v) is 8.36. The number of carbonyl (C=O) groups is 1. The number of nitrogens with one attached hydrogen (secondary N) is 1. The van der Waals surface area contributed by atoms with Crippen molar-refractivity contribution in [2.75, 3.05) is 6.54 Å². The van der Waals surface area contributed by atoms with Gasteiger partial charge >= 0.3 is 0 Å². The fourth-order valence-corrected chi connectivity index (χ4v) is 2.77. The normalized spacial score (nSPS) is 12.1. The van der Waals surface area contributed by atoms with E-state index in [1.807, 2.05) is 60.7 Å². The van der Waals surface area contributed by atoms with Gasteiger partial charge in [0, 0.05) is 12.6 Å². The number of rotatable bonds is 8. The van der Waals surface area contributed by atoms with Gasteiger partial charge in [-0.05, 0) is 17.5 Å². The molecule has 2 rings (SSSR count). The van der Waals surface area contributed by atoms with E-state index in [0.717, 1.165) is 30.4 Å². The molecule has 3 heteroatoms. The summed E-state index contributed by atoms with van der Waals surface area (Å²) < 4.78 is 0. The van der Waals surface area contributed by atoms with E-state index < -0.39 is 0 Å². The maximum atomic E-state index is 12.9. The molecule has 3 N–H and O–H groups in total. The maximum absolute atomic E-state index is 12.9. The summed E-state index contributed by atoms with van der Waals surface area (Å²) in [5.74, 6) is -0.276. The van der Waals surface area contributed by atoms with Crippen LogP contribution in [0.2, 0.25) is 0 Å². The number of carbonyl (C=O) groups excluding carboxylic acids is 1. The van der Waals surface area contributed by atoms with Gasteiger partial charge in [0.15, 0.2) is 0 Å². The van der Waals surface area contributed by atoms with Crippen LogP contribution in [-0.4, -0.2) is 18.5 Å². The number of hydrogen-bond acceptors (Lipinski definition) is 2. The molecule has 23 heavy (non-hydrogen) atoms. The fraction of sp³-hybridized carbons (Fsp3) is 0.350. The third-order valence-corrected chi connectivity index (χ3v) is 4.07. The van der Waals surface area contributed by atoms with Crippen molar-refractivity contribution in [3.05, 3.63) is 71.8 Å². The molecule has 3 nitrogen and oxygen atoms in total. The van der Waals surface area contributed by atoms with Crippen molar-refractivity contribution in [3.8, 4) is 0 Å². The first kappa shape index (κ1) is 17.2. The summed E-state index contributed by atoms with van der Waals surface area (Å²) in [6.07, 6.45) is 3.10. The van der Waals surface area contributed by atoms with Gasteiger partial charge in [0.2, 0.25) is 5.91 Å². The quantitative estimate of drug-likeness (QED) is 0.784. The van der Waals surface area contributed by atoms with Gasteiger partial charge in [-0.1, -0.05) is 80.4 Å². The fourth-order valence-electron chi connectivity index (χ4n) is 2.77. The van der Waals surface area contributed by atoms with Gasteiger partial charge in [0.25, 0.3) is 0 Å². The average Bonchev–Trinajstić information content (AvgIpc) is 2.60.